The van der Waals surface area contributed by atoms with Gasteiger partial charge in [-0.3, -0.25) is 9.69 Å². The van der Waals surface area contributed by atoms with Crippen LogP contribution in [0.2, 0.25) is 5.02 Å². The van der Waals surface area contributed by atoms with Crippen molar-refractivity contribution in [2.75, 3.05) is 31.1 Å². The van der Waals surface area contributed by atoms with Crippen LogP contribution < -0.4 is 16.2 Å². The summed E-state index contributed by atoms with van der Waals surface area (Å²) in [5.74, 6) is 0. The molecule has 2 aliphatic rings. The summed E-state index contributed by atoms with van der Waals surface area (Å²) in [6.45, 7) is 3.97. The van der Waals surface area contributed by atoms with E-state index in [0.717, 1.165) is 51.1 Å². The molecule has 0 radical (unpaired) electrons. The largest absolute Gasteiger partial charge is 0.367 e. The molecule has 3 heterocycles. The van der Waals surface area contributed by atoms with Crippen LogP contribution in [0.15, 0.2) is 11.0 Å². The molecule has 0 amide bonds. The predicted molar refractivity (Wildman–Crippen MR) is 83.9 cm³/mol. The Morgan fingerprint density at radius 2 is 2.00 bits per heavy atom. The molecule has 1 aromatic heterocycles. The number of hydrogen-bond acceptors (Lipinski definition) is 5. The van der Waals surface area contributed by atoms with Crippen molar-refractivity contribution in [3.05, 3.63) is 21.6 Å². The number of anilines is 1. The second-order valence-electron chi connectivity index (χ2n) is 6.03. The molecule has 0 aliphatic carbocycles. The Kier molecular flexibility index (Phi) is 4.19. The molecule has 0 saturated carbocycles. The maximum Gasteiger partial charge on any atom is 0.287 e. The fraction of sp³-hybridized carbons (Fsp3) is 0.714. The first-order valence-electron chi connectivity index (χ1n) is 7.52. The van der Waals surface area contributed by atoms with Crippen LogP contribution in [-0.2, 0) is 7.05 Å². The Balaban J connectivity index is 1.70. The summed E-state index contributed by atoms with van der Waals surface area (Å²) in [6.07, 6.45) is 4.94. The van der Waals surface area contributed by atoms with Crippen molar-refractivity contribution in [2.24, 2.45) is 12.8 Å². The molecule has 21 heavy (non-hydrogen) atoms. The van der Waals surface area contributed by atoms with Crippen LogP contribution in [-0.4, -0.2) is 52.9 Å². The van der Waals surface area contributed by atoms with E-state index in [4.69, 9.17) is 17.3 Å². The van der Waals surface area contributed by atoms with Gasteiger partial charge >= 0.3 is 0 Å². The average Bonchev–Trinajstić information content (AvgIpc) is 2.95. The minimum Gasteiger partial charge on any atom is -0.367 e. The molecule has 2 aliphatic heterocycles. The highest BCUT2D eigenvalue weighted by Crippen LogP contribution is 2.27. The van der Waals surface area contributed by atoms with Crippen LogP contribution in [0.1, 0.15) is 19.3 Å². The lowest BCUT2D eigenvalue weighted by molar-refractivity contribution is 0.163. The second kappa shape index (κ2) is 5.94. The lowest BCUT2D eigenvalue weighted by Gasteiger charge is -2.34. The van der Waals surface area contributed by atoms with Crippen molar-refractivity contribution in [3.63, 3.8) is 0 Å². The molecule has 2 N–H and O–H groups in total. The van der Waals surface area contributed by atoms with Gasteiger partial charge in [-0.05, 0) is 32.4 Å². The molecular weight excluding hydrogens is 290 g/mol. The van der Waals surface area contributed by atoms with Gasteiger partial charge in [0.25, 0.3) is 5.56 Å². The molecule has 7 heteroatoms. The highest BCUT2D eigenvalue weighted by atomic mass is 35.5. The van der Waals surface area contributed by atoms with Crippen LogP contribution in [0.3, 0.4) is 0 Å². The molecule has 1 unspecified atom stereocenters. The Hall–Kier alpha value is -1.11. The van der Waals surface area contributed by atoms with Crippen molar-refractivity contribution in [3.8, 4) is 0 Å². The highest BCUT2D eigenvalue weighted by molar-refractivity contribution is 6.33. The fourth-order valence-corrected chi connectivity index (χ4v) is 3.56. The van der Waals surface area contributed by atoms with E-state index in [2.05, 4.69) is 14.9 Å². The SMILES string of the molecule is Cn1ncc(N2CCC(N3CCC(N)CC3)C2)c(Cl)c1=O. The van der Waals surface area contributed by atoms with E-state index in [1.165, 1.54) is 4.68 Å². The molecule has 3 rings (SSSR count). The third kappa shape index (κ3) is 2.93. The maximum absolute atomic E-state index is 11.9. The average molecular weight is 312 g/mol. The summed E-state index contributed by atoms with van der Waals surface area (Å²) >= 11 is 6.19. The van der Waals surface area contributed by atoms with Crippen LogP contribution in [0.4, 0.5) is 5.69 Å². The van der Waals surface area contributed by atoms with Crippen molar-refractivity contribution in [1.29, 1.82) is 0 Å². The second-order valence-corrected chi connectivity index (χ2v) is 6.41. The summed E-state index contributed by atoms with van der Waals surface area (Å²) in [7, 11) is 1.61. The zero-order valence-electron chi connectivity index (χ0n) is 12.3. The highest BCUT2D eigenvalue weighted by Gasteiger charge is 2.31. The molecule has 116 valence electrons. The van der Waals surface area contributed by atoms with Gasteiger partial charge in [0.1, 0.15) is 5.02 Å². The van der Waals surface area contributed by atoms with E-state index in [0.29, 0.717) is 12.1 Å². The van der Waals surface area contributed by atoms with Crippen molar-refractivity contribution in [2.45, 2.75) is 31.3 Å². The third-order valence-corrected chi connectivity index (χ3v) is 5.01. The predicted octanol–water partition coefficient (Wildman–Crippen LogP) is 0.436. The third-order valence-electron chi connectivity index (χ3n) is 4.65. The first kappa shape index (κ1) is 14.8. The summed E-state index contributed by atoms with van der Waals surface area (Å²) < 4.78 is 1.27. The summed E-state index contributed by atoms with van der Waals surface area (Å²) in [5, 5.41) is 4.35. The van der Waals surface area contributed by atoms with E-state index in [1.54, 1.807) is 13.2 Å². The number of nitrogens with two attached hydrogens (primary N) is 1. The molecule has 2 saturated heterocycles. The molecule has 0 aromatic carbocycles. The summed E-state index contributed by atoms with van der Waals surface area (Å²) in [6, 6.07) is 0.882. The minimum absolute atomic E-state index is 0.235. The monoisotopic (exact) mass is 311 g/mol. The number of hydrogen-bond donors (Lipinski definition) is 1. The maximum atomic E-state index is 11.9. The fourth-order valence-electron chi connectivity index (χ4n) is 3.27. The lowest BCUT2D eigenvalue weighted by Crippen LogP contribution is -2.46. The van der Waals surface area contributed by atoms with E-state index in [9.17, 15) is 4.79 Å². The summed E-state index contributed by atoms with van der Waals surface area (Å²) in [4.78, 5) is 16.6. The lowest BCUT2D eigenvalue weighted by atomic mass is 10.0. The van der Waals surface area contributed by atoms with Crippen LogP contribution in [0.5, 0.6) is 0 Å². The number of nitrogens with zero attached hydrogens (tertiary/aromatic N) is 4. The zero-order chi connectivity index (χ0) is 15.0. The first-order chi connectivity index (χ1) is 10.1. The van der Waals surface area contributed by atoms with Gasteiger partial charge in [0, 0.05) is 32.2 Å². The van der Waals surface area contributed by atoms with Crippen molar-refractivity contribution in [1.82, 2.24) is 14.7 Å². The van der Waals surface area contributed by atoms with Gasteiger partial charge in [-0.2, -0.15) is 5.10 Å². The van der Waals surface area contributed by atoms with E-state index < -0.39 is 0 Å². The number of likely N-dealkylation sites (tertiary alicyclic amines) is 1. The van der Waals surface area contributed by atoms with Gasteiger partial charge in [-0.1, -0.05) is 11.6 Å². The molecule has 0 bridgehead atoms. The zero-order valence-corrected chi connectivity index (χ0v) is 13.1. The Labute approximate surface area is 129 Å². The quantitative estimate of drug-likeness (QED) is 0.858. The van der Waals surface area contributed by atoms with Crippen LogP contribution in [0.25, 0.3) is 0 Å². The molecular formula is C14H22ClN5O. The van der Waals surface area contributed by atoms with Crippen LogP contribution >= 0.6 is 11.6 Å². The number of halogens is 1. The molecule has 1 aromatic rings. The molecule has 0 spiro atoms. The smallest absolute Gasteiger partial charge is 0.287 e. The minimum atomic E-state index is -0.235. The van der Waals surface area contributed by atoms with Gasteiger partial charge in [0.05, 0.1) is 11.9 Å². The molecule has 1 atom stereocenters. The van der Waals surface area contributed by atoms with Gasteiger partial charge in [0.15, 0.2) is 0 Å². The van der Waals surface area contributed by atoms with Gasteiger partial charge < -0.3 is 10.6 Å². The van der Waals surface area contributed by atoms with E-state index in [1.807, 2.05) is 0 Å². The molecule has 6 nitrogen and oxygen atoms in total. The van der Waals surface area contributed by atoms with E-state index >= 15 is 0 Å². The topological polar surface area (TPSA) is 67.4 Å². The molecule has 2 fully saturated rings. The van der Waals surface area contributed by atoms with Crippen molar-refractivity contribution < 1.29 is 0 Å². The van der Waals surface area contributed by atoms with E-state index in [-0.39, 0.29) is 10.6 Å². The van der Waals surface area contributed by atoms with Gasteiger partial charge in [-0.15, -0.1) is 0 Å². The Morgan fingerprint density at radius 3 is 2.71 bits per heavy atom. The normalized spacial score (nSPS) is 24.7. The number of aromatic nitrogens is 2. The van der Waals surface area contributed by atoms with Crippen LogP contribution in [0, 0.1) is 0 Å². The number of rotatable bonds is 2. The number of aryl methyl sites for hydroxylation is 1. The van der Waals surface area contributed by atoms with Gasteiger partial charge in [0.2, 0.25) is 0 Å². The summed E-state index contributed by atoms with van der Waals surface area (Å²) in [5.41, 5.74) is 6.49. The first-order valence-corrected chi connectivity index (χ1v) is 7.90. The Morgan fingerprint density at radius 1 is 1.29 bits per heavy atom. The number of piperidine rings is 1. The van der Waals surface area contributed by atoms with Gasteiger partial charge in [-0.25, -0.2) is 4.68 Å². The Bertz CT molecular complexity index is 567. The van der Waals surface area contributed by atoms with Crippen molar-refractivity contribution >= 4 is 17.3 Å². The standard InChI is InChI=1S/C14H22ClN5O/c1-18-14(21)13(15)12(8-17-18)20-7-4-11(9-20)19-5-2-10(16)3-6-19/h8,10-11H,2-7,9,16H2,1H3.